The minimum absolute atomic E-state index is 0.357. The summed E-state index contributed by atoms with van der Waals surface area (Å²) in [6.45, 7) is 1.67. The normalized spacial score (nSPS) is 11.0. The van der Waals surface area contributed by atoms with Crippen molar-refractivity contribution in [2.45, 2.75) is 6.92 Å². The number of anilines is 2. The first-order valence-electron chi connectivity index (χ1n) is 6.93. The second kappa shape index (κ2) is 7.11. The van der Waals surface area contributed by atoms with E-state index >= 15 is 0 Å². The molecule has 0 saturated carbocycles. The number of hydrogen-bond donors (Lipinski definition) is 2. The number of benzene rings is 2. The summed E-state index contributed by atoms with van der Waals surface area (Å²) >= 11 is 6.04. The Hall–Kier alpha value is -2.25. The summed E-state index contributed by atoms with van der Waals surface area (Å²) in [7, 11) is -1.92. The van der Waals surface area contributed by atoms with Gasteiger partial charge in [0.25, 0.3) is 5.91 Å². The van der Waals surface area contributed by atoms with E-state index in [1.807, 2.05) is 0 Å². The Morgan fingerprint density at radius 3 is 2.50 bits per heavy atom. The van der Waals surface area contributed by atoms with Gasteiger partial charge >= 0.3 is 0 Å². The molecule has 0 fully saturated rings. The van der Waals surface area contributed by atoms with Crippen molar-refractivity contribution in [2.24, 2.45) is 0 Å². The largest absolute Gasteiger partial charge is 0.495 e. The van der Waals surface area contributed by atoms with Crippen molar-refractivity contribution in [1.29, 1.82) is 0 Å². The van der Waals surface area contributed by atoms with Gasteiger partial charge in [-0.2, -0.15) is 0 Å². The van der Waals surface area contributed by atoms with Crippen molar-refractivity contribution in [2.75, 3.05) is 23.4 Å². The first-order chi connectivity index (χ1) is 11.2. The van der Waals surface area contributed by atoms with Crippen LogP contribution in [0.25, 0.3) is 0 Å². The van der Waals surface area contributed by atoms with Crippen LogP contribution >= 0.6 is 11.6 Å². The molecule has 0 spiro atoms. The van der Waals surface area contributed by atoms with Gasteiger partial charge in [0.1, 0.15) is 5.75 Å². The highest BCUT2D eigenvalue weighted by atomic mass is 35.5. The molecule has 0 bridgehead atoms. The van der Waals surface area contributed by atoms with E-state index in [2.05, 4.69) is 10.0 Å². The molecule has 8 heteroatoms. The van der Waals surface area contributed by atoms with Gasteiger partial charge in [0, 0.05) is 11.3 Å². The topological polar surface area (TPSA) is 84.5 Å². The molecule has 0 radical (unpaired) electrons. The Morgan fingerprint density at radius 1 is 1.21 bits per heavy atom. The van der Waals surface area contributed by atoms with E-state index in [1.165, 1.54) is 7.11 Å². The van der Waals surface area contributed by atoms with Gasteiger partial charge in [-0.15, -0.1) is 0 Å². The molecule has 6 nitrogen and oxygen atoms in total. The Kier molecular flexibility index (Phi) is 5.36. The third-order valence-electron chi connectivity index (χ3n) is 3.28. The van der Waals surface area contributed by atoms with Crippen LogP contribution in [0.2, 0.25) is 5.02 Å². The third-order valence-corrected chi connectivity index (χ3v) is 4.17. The standard InChI is InChI=1S/C16H17ClN2O4S/c1-10-12(5-4-6-14(10)19-24(3,21)22)16(20)18-11-7-8-15(23-2)13(17)9-11/h4-9,19H,1-3H3,(H,18,20). The van der Waals surface area contributed by atoms with Gasteiger partial charge in [0.2, 0.25) is 10.0 Å². The van der Waals surface area contributed by atoms with Crippen LogP contribution in [0.5, 0.6) is 5.75 Å². The average Bonchev–Trinajstić information content (AvgIpc) is 2.48. The van der Waals surface area contributed by atoms with Gasteiger partial charge < -0.3 is 10.1 Å². The van der Waals surface area contributed by atoms with Crippen molar-refractivity contribution in [3.63, 3.8) is 0 Å². The first kappa shape index (κ1) is 18.1. The maximum absolute atomic E-state index is 12.5. The predicted octanol–water partition coefficient (Wildman–Crippen LogP) is 3.28. The highest BCUT2D eigenvalue weighted by Gasteiger charge is 2.14. The molecule has 128 valence electrons. The summed E-state index contributed by atoms with van der Waals surface area (Å²) in [4.78, 5) is 12.5. The van der Waals surface area contributed by atoms with Gasteiger partial charge in [-0.3, -0.25) is 9.52 Å². The number of sulfonamides is 1. The third kappa shape index (κ3) is 4.39. The summed E-state index contributed by atoms with van der Waals surface area (Å²) in [5.74, 6) is 0.135. The fourth-order valence-corrected chi connectivity index (χ4v) is 3.01. The molecular weight excluding hydrogens is 352 g/mol. The number of rotatable bonds is 5. The van der Waals surface area contributed by atoms with E-state index in [0.29, 0.717) is 33.3 Å². The Bertz CT molecular complexity index is 882. The van der Waals surface area contributed by atoms with Crippen molar-refractivity contribution in [3.8, 4) is 5.75 Å². The molecule has 0 aliphatic heterocycles. The smallest absolute Gasteiger partial charge is 0.256 e. The maximum Gasteiger partial charge on any atom is 0.256 e. The number of halogens is 1. The van der Waals surface area contributed by atoms with Crippen LogP contribution in [0, 0.1) is 6.92 Å². The van der Waals surface area contributed by atoms with Crippen LogP contribution in [0.15, 0.2) is 36.4 Å². The van der Waals surface area contributed by atoms with Gasteiger partial charge in [-0.25, -0.2) is 8.42 Å². The lowest BCUT2D eigenvalue weighted by Crippen LogP contribution is -2.16. The molecule has 0 aliphatic rings. The number of hydrogen-bond acceptors (Lipinski definition) is 4. The van der Waals surface area contributed by atoms with Crippen molar-refractivity contribution in [3.05, 3.63) is 52.5 Å². The van der Waals surface area contributed by atoms with Crippen molar-refractivity contribution >= 4 is 38.9 Å². The lowest BCUT2D eigenvalue weighted by molar-refractivity contribution is 0.102. The Labute approximate surface area is 145 Å². The summed E-state index contributed by atoms with van der Waals surface area (Å²) in [6.07, 6.45) is 1.05. The summed E-state index contributed by atoms with van der Waals surface area (Å²) in [5, 5.41) is 3.10. The van der Waals surface area contributed by atoms with Crippen molar-refractivity contribution in [1.82, 2.24) is 0 Å². The minimum Gasteiger partial charge on any atom is -0.495 e. The van der Waals surface area contributed by atoms with E-state index in [9.17, 15) is 13.2 Å². The first-order valence-corrected chi connectivity index (χ1v) is 9.20. The summed E-state index contributed by atoms with van der Waals surface area (Å²) in [5.41, 5.74) is 1.75. The van der Waals surface area contributed by atoms with Gasteiger partial charge in [-0.05, 0) is 42.8 Å². The molecule has 2 aromatic rings. The molecular formula is C16H17ClN2O4S. The van der Waals surface area contributed by atoms with E-state index in [0.717, 1.165) is 6.26 Å². The highest BCUT2D eigenvalue weighted by Crippen LogP contribution is 2.28. The number of amides is 1. The van der Waals surface area contributed by atoms with Gasteiger partial charge in [0.15, 0.2) is 0 Å². The number of methoxy groups -OCH3 is 1. The zero-order valence-electron chi connectivity index (χ0n) is 13.4. The second-order valence-electron chi connectivity index (χ2n) is 5.16. The molecule has 0 saturated heterocycles. The van der Waals surface area contributed by atoms with Gasteiger partial charge in [-0.1, -0.05) is 17.7 Å². The van der Waals surface area contributed by atoms with Crippen LogP contribution in [0.4, 0.5) is 11.4 Å². The summed E-state index contributed by atoms with van der Waals surface area (Å²) < 4.78 is 30.2. The van der Waals surface area contributed by atoms with Crippen molar-refractivity contribution < 1.29 is 17.9 Å². The van der Waals surface area contributed by atoms with Crippen LogP contribution in [0.3, 0.4) is 0 Å². The molecule has 0 atom stereocenters. The fourth-order valence-electron chi connectivity index (χ4n) is 2.13. The van der Waals surface area contributed by atoms with Crippen LogP contribution in [-0.4, -0.2) is 27.7 Å². The lowest BCUT2D eigenvalue weighted by atomic mass is 10.1. The van der Waals surface area contributed by atoms with Crippen LogP contribution < -0.4 is 14.8 Å². The second-order valence-corrected chi connectivity index (χ2v) is 7.31. The van der Waals surface area contributed by atoms with Gasteiger partial charge in [0.05, 0.1) is 24.1 Å². The Morgan fingerprint density at radius 2 is 1.92 bits per heavy atom. The quantitative estimate of drug-likeness (QED) is 0.848. The molecule has 0 unspecified atom stereocenters. The SMILES string of the molecule is COc1ccc(NC(=O)c2cccc(NS(C)(=O)=O)c2C)cc1Cl. The lowest BCUT2D eigenvalue weighted by Gasteiger charge is -2.13. The number of nitrogens with one attached hydrogen (secondary N) is 2. The number of carbonyl (C=O) groups is 1. The number of carbonyl (C=O) groups excluding carboxylic acids is 1. The molecule has 24 heavy (non-hydrogen) atoms. The number of ether oxygens (including phenoxy) is 1. The fraction of sp³-hybridized carbons (Fsp3) is 0.188. The molecule has 0 aliphatic carbocycles. The Balaban J connectivity index is 2.27. The molecule has 2 aromatic carbocycles. The zero-order valence-corrected chi connectivity index (χ0v) is 15.0. The van der Waals surface area contributed by atoms with E-state index in [-0.39, 0.29) is 5.91 Å². The maximum atomic E-state index is 12.5. The molecule has 2 rings (SSSR count). The molecule has 1 amide bonds. The highest BCUT2D eigenvalue weighted by molar-refractivity contribution is 7.92. The molecule has 0 aromatic heterocycles. The van der Waals surface area contributed by atoms with Crippen LogP contribution in [0.1, 0.15) is 15.9 Å². The minimum atomic E-state index is -3.43. The molecule has 0 heterocycles. The molecule has 2 N–H and O–H groups in total. The van der Waals surface area contributed by atoms with E-state index < -0.39 is 10.0 Å². The summed E-state index contributed by atoms with van der Waals surface area (Å²) in [6, 6.07) is 9.70. The monoisotopic (exact) mass is 368 g/mol. The predicted molar refractivity (Wildman–Crippen MR) is 95.6 cm³/mol. The average molecular weight is 369 g/mol. The van der Waals surface area contributed by atoms with E-state index in [4.69, 9.17) is 16.3 Å². The zero-order chi connectivity index (χ0) is 17.9. The van der Waals surface area contributed by atoms with Crippen LogP contribution in [-0.2, 0) is 10.0 Å². The van der Waals surface area contributed by atoms with E-state index in [1.54, 1.807) is 43.3 Å².